The maximum Gasteiger partial charge on any atom is 0.316 e. The van der Waals surface area contributed by atoms with E-state index in [2.05, 4.69) is 16.9 Å². The van der Waals surface area contributed by atoms with Crippen LogP contribution in [0.2, 0.25) is 0 Å². The van der Waals surface area contributed by atoms with Gasteiger partial charge in [-0.25, -0.2) is 4.98 Å². The second-order valence-electron chi connectivity index (χ2n) is 4.15. The zero-order valence-electron chi connectivity index (χ0n) is 10.7. The molecule has 0 aliphatic carbocycles. The lowest BCUT2D eigenvalue weighted by Crippen LogP contribution is -2.05. The first-order chi connectivity index (χ1) is 8.36. The summed E-state index contributed by atoms with van der Waals surface area (Å²) in [6, 6.07) is 2.25. The molecule has 1 rings (SSSR count). The van der Waals surface area contributed by atoms with Gasteiger partial charge in [0.25, 0.3) is 0 Å². The van der Waals surface area contributed by atoms with Crippen LogP contribution in [0.3, 0.4) is 0 Å². The first-order valence-corrected chi connectivity index (χ1v) is 6.51. The summed E-state index contributed by atoms with van der Waals surface area (Å²) in [4.78, 5) is 8.23. The molecular formula is C13H23N3O. The summed E-state index contributed by atoms with van der Waals surface area (Å²) in [5.74, 6) is 0. The van der Waals surface area contributed by atoms with Crippen molar-refractivity contribution < 1.29 is 4.74 Å². The van der Waals surface area contributed by atoms with E-state index in [0.717, 1.165) is 12.1 Å². The SMILES string of the molecule is CCCCCCCCOc1nccc(CN)n1. The molecule has 0 spiro atoms. The monoisotopic (exact) mass is 237 g/mol. The van der Waals surface area contributed by atoms with Gasteiger partial charge in [-0.15, -0.1) is 0 Å². The van der Waals surface area contributed by atoms with E-state index < -0.39 is 0 Å². The molecule has 17 heavy (non-hydrogen) atoms. The van der Waals surface area contributed by atoms with Gasteiger partial charge in [-0.3, -0.25) is 0 Å². The summed E-state index contributed by atoms with van der Waals surface area (Å²) in [7, 11) is 0. The molecule has 0 radical (unpaired) electrons. The van der Waals surface area contributed by atoms with E-state index in [0.29, 0.717) is 19.2 Å². The van der Waals surface area contributed by atoms with Crippen molar-refractivity contribution in [3.05, 3.63) is 18.0 Å². The number of unbranched alkanes of at least 4 members (excludes halogenated alkanes) is 5. The van der Waals surface area contributed by atoms with Crippen molar-refractivity contribution >= 4 is 0 Å². The van der Waals surface area contributed by atoms with Crippen molar-refractivity contribution in [3.8, 4) is 6.01 Å². The third-order valence-corrected chi connectivity index (χ3v) is 2.63. The Morgan fingerprint density at radius 1 is 1.18 bits per heavy atom. The van der Waals surface area contributed by atoms with Crippen molar-refractivity contribution in [3.63, 3.8) is 0 Å². The molecule has 0 aromatic carbocycles. The molecule has 4 nitrogen and oxygen atoms in total. The second-order valence-corrected chi connectivity index (χ2v) is 4.15. The van der Waals surface area contributed by atoms with Crippen molar-refractivity contribution in [1.29, 1.82) is 0 Å². The first-order valence-electron chi connectivity index (χ1n) is 6.51. The van der Waals surface area contributed by atoms with Gasteiger partial charge in [0.15, 0.2) is 0 Å². The largest absolute Gasteiger partial charge is 0.463 e. The molecule has 2 N–H and O–H groups in total. The molecule has 0 bridgehead atoms. The Bertz CT molecular complexity index is 304. The summed E-state index contributed by atoms with van der Waals surface area (Å²) >= 11 is 0. The normalized spacial score (nSPS) is 10.5. The number of nitrogens with zero attached hydrogens (tertiary/aromatic N) is 2. The Balaban J connectivity index is 2.09. The van der Waals surface area contributed by atoms with Gasteiger partial charge in [0.2, 0.25) is 0 Å². The van der Waals surface area contributed by atoms with Crippen LogP contribution < -0.4 is 10.5 Å². The van der Waals surface area contributed by atoms with Gasteiger partial charge in [0, 0.05) is 12.7 Å². The maximum absolute atomic E-state index is 5.50. The van der Waals surface area contributed by atoms with Crippen LogP contribution in [0, 0.1) is 0 Å². The molecule has 0 fully saturated rings. The van der Waals surface area contributed by atoms with Crippen LogP contribution in [0.25, 0.3) is 0 Å². The molecule has 0 aliphatic heterocycles. The van der Waals surface area contributed by atoms with E-state index in [4.69, 9.17) is 10.5 Å². The van der Waals surface area contributed by atoms with Crippen LogP contribution >= 0.6 is 0 Å². The van der Waals surface area contributed by atoms with Crippen LogP contribution in [0.1, 0.15) is 51.1 Å². The minimum atomic E-state index is 0.426. The summed E-state index contributed by atoms with van der Waals surface area (Å²) in [6.45, 7) is 3.35. The number of ether oxygens (including phenoxy) is 1. The molecule has 1 aromatic rings. The second kappa shape index (κ2) is 8.93. The highest BCUT2D eigenvalue weighted by molar-refractivity contribution is 5.04. The molecule has 1 aromatic heterocycles. The fraction of sp³-hybridized carbons (Fsp3) is 0.692. The molecule has 0 atom stereocenters. The minimum absolute atomic E-state index is 0.426. The zero-order chi connectivity index (χ0) is 12.3. The fourth-order valence-electron chi connectivity index (χ4n) is 1.61. The smallest absolute Gasteiger partial charge is 0.316 e. The van der Waals surface area contributed by atoms with Crippen LogP contribution in [0.4, 0.5) is 0 Å². The molecule has 4 heteroatoms. The molecule has 96 valence electrons. The highest BCUT2D eigenvalue weighted by atomic mass is 16.5. The Hall–Kier alpha value is -1.16. The van der Waals surface area contributed by atoms with Crippen LogP contribution in [-0.4, -0.2) is 16.6 Å². The number of nitrogens with two attached hydrogens (primary N) is 1. The van der Waals surface area contributed by atoms with Gasteiger partial charge < -0.3 is 10.5 Å². The molecular weight excluding hydrogens is 214 g/mol. The summed E-state index contributed by atoms with van der Waals surface area (Å²) < 4.78 is 5.48. The zero-order valence-corrected chi connectivity index (χ0v) is 10.7. The lowest BCUT2D eigenvalue weighted by molar-refractivity contribution is 0.280. The van der Waals surface area contributed by atoms with Crippen molar-refractivity contribution in [2.75, 3.05) is 6.61 Å². The van der Waals surface area contributed by atoms with Gasteiger partial charge in [-0.1, -0.05) is 39.0 Å². The van der Waals surface area contributed by atoms with Crippen LogP contribution in [0.5, 0.6) is 6.01 Å². The van der Waals surface area contributed by atoms with E-state index >= 15 is 0 Å². The quantitative estimate of drug-likeness (QED) is 0.671. The number of rotatable bonds is 9. The van der Waals surface area contributed by atoms with Gasteiger partial charge in [-0.05, 0) is 12.5 Å². The number of hydrogen-bond donors (Lipinski definition) is 1. The van der Waals surface area contributed by atoms with Gasteiger partial charge >= 0.3 is 6.01 Å². The van der Waals surface area contributed by atoms with E-state index in [1.165, 1.54) is 32.1 Å². The van der Waals surface area contributed by atoms with Crippen LogP contribution in [-0.2, 0) is 6.54 Å². The van der Waals surface area contributed by atoms with Crippen molar-refractivity contribution in [1.82, 2.24) is 9.97 Å². The summed E-state index contributed by atoms with van der Waals surface area (Å²) in [5.41, 5.74) is 6.31. The standard InChI is InChI=1S/C13H23N3O/c1-2-3-4-5-6-7-10-17-13-15-9-8-12(11-14)16-13/h8-9H,2-7,10-11,14H2,1H3. The van der Waals surface area contributed by atoms with Gasteiger partial charge in [-0.2, -0.15) is 4.98 Å². The molecule has 0 saturated heterocycles. The highest BCUT2D eigenvalue weighted by Gasteiger charge is 1.98. The third-order valence-electron chi connectivity index (χ3n) is 2.63. The van der Waals surface area contributed by atoms with E-state index in [-0.39, 0.29) is 0 Å². The van der Waals surface area contributed by atoms with E-state index in [1.807, 2.05) is 0 Å². The summed E-state index contributed by atoms with van der Waals surface area (Å²) in [5, 5.41) is 0. The first kappa shape index (κ1) is 13.9. The van der Waals surface area contributed by atoms with Gasteiger partial charge in [0.05, 0.1) is 12.3 Å². The number of aromatic nitrogens is 2. The lowest BCUT2D eigenvalue weighted by atomic mass is 10.1. The lowest BCUT2D eigenvalue weighted by Gasteiger charge is -2.05. The van der Waals surface area contributed by atoms with Crippen LogP contribution in [0.15, 0.2) is 12.3 Å². The molecule has 1 heterocycles. The minimum Gasteiger partial charge on any atom is -0.463 e. The Kier molecular flexibility index (Phi) is 7.30. The Morgan fingerprint density at radius 3 is 2.71 bits per heavy atom. The number of hydrogen-bond acceptors (Lipinski definition) is 4. The van der Waals surface area contributed by atoms with E-state index in [9.17, 15) is 0 Å². The predicted molar refractivity (Wildman–Crippen MR) is 68.8 cm³/mol. The molecule has 0 amide bonds. The molecule has 0 aliphatic rings. The topological polar surface area (TPSA) is 61.0 Å². The molecule has 0 unspecified atom stereocenters. The molecule has 0 saturated carbocycles. The Labute approximate surface area is 104 Å². The van der Waals surface area contributed by atoms with Crippen molar-refractivity contribution in [2.45, 2.75) is 52.0 Å². The van der Waals surface area contributed by atoms with Gasteiger partial charge in [0.1, 0.15) is 0 Å². The fourth-order valence-corrected chi connectivity index (χ4v) is 1.61. The summed E-state index contributed by atoms with van der Waals surface area (Å²) in [6.07, 6.45) is 9.22. The average molecular weight is 237 g/mol. The predicted octanol–water partition coefficient (Wildman–Crippen LogP) is 2.67. The average Bonchev–Trinajstić information content (AvgIpc) is 2.38. The van der Waals surface area contributed by atoms with Crippen molar-refractivity contribution in [2.24, 2.45) is 5.73 Å². The third kappa shape index (κ3) is 6.22. The van der Waals surface area contributed by atoms with E-state index in [1.54, 1.807) is 12.3 Å². The Morgan fingerprint density at radius 2 is 1.94 bits per heavy atom. The highest BCUT2D eigenvalue weighted by Crippen LogP contribution is 2.07. The maximum atomic E-state index is 5.50.